The van der Waals surface area contributed by atoms with Crippen molar-refractivity contribution in [2.24, 2.45) is 5.92 Å². The lowest BCUT2D eigenvalue weighted by atomic mass is 9.87. The molecule has 1 saturated heterocycles. The van der Waals surface area contributed by atoms with E-state index in [1.807, 2.05) is 30.3 Å². The van der Waals surface area contributed by atoms with E-state index in [2.05, 4.69) is 4.98 Å². The fourth-order valence-electron chi connectivity index (χ4n) is 3.18. The molecule has 2 heterocycles. The summed E-state index contributed by atoms with van der Waals surface area (Å²) in [5, 5.41) is 19.5. The highest BCUT2D eigenvalue weighted by atomic mass is 16.4. The van der Waals surface area contributed by atoms with Crippen molar-refractivity contribution in [1.29, 1.82) is 0 Å². The Hall–Kier alpha value is -2.73. The van der Waals surface area contributed by atoms with Gasteiger partial charge in [0.25, 0.3) is 5.91 Å². The van der Waals surface area contributed by atoms with Gasteiger partial charge in [-0.3, -0.25) is 4.79 Å². The molecule has 1 fully saturated rings. The van der Waals surface area contributed by atoms with Crippen LogP contribution in [0.1, 0.15) is 45.5 Å². The molecule has 0 aliphatic carbocycles. The fourth-order valence-corrected chi connectivity index (χ4v) is 3.18. The Morgan fingerprint density at radius 2 is 1.64 bits per heavy atom. The molecule has 0 bridgehead atoms. The molecule has 2 aromatic rings. The molecule has 1 atom stereocenters. The van der Waals surface area contributed by atoms with E-state index in [1.54, 1.807) is 4.90 Å². The molecule has 130 valence electrons. The summed E-state index contributed by atoms with van der Waals surface area (Å²) in [6.07, 6.45) is 0.854. The van der Waals surface area contributed by atoms with Crippen LogP contribution in [0.5, 0.6) is 0 Å². The van der Waals surface area contributed by atoms with E-state index in [9.17, 15) is 14.7 Å². The Morgan fingerprint density at radius 1 is 1.00 bits per heavy atom. The van der Waals surface area contributed by atoms with Crippen molar-refractivity contribution < 1.29 is 19.8 Å². The number of aromatic carboxylic acids is 1. The van der Waals surface area contributed by atoms with Crippen LogP contribution in [-0.2, 0) is 0 Å². The highest BCUT2D eigenvalue weighted by Crippen LogP contribution is 2.30. The van der Waals surface area contributed by atoms with Crippen LogP contribution in [0.15, 0.2) is 48.5 Å². The van der Waals surface area contributed by atoms with Gasteiger partial charge < -0.3 is 15.1 Å². The number of piperidine rings is 1. The molecule has 2 N–H and O–H groups in total. The molecule has 0 saturated carbocycles. The van der Waals surface area contributed by atoms with Crippen LogP contribution in [0.3, 0.4) is 0 Å². The Morgan fingerprint density at radius 3 is 2.28 bits per heavy atom. The molecule has 0 radical (unpaired) electrons. The second-order valence-corrected chi connectivity index (χ2v) is 6.20. The van der Waals surface area contributed by atoms with Gasteiger partial charge in [-0.2, -0.15) is 0 Å². The Kier molecular flexibility index (Phi) is 5.09. The average molecular weight is 340 g/mol. The zero-order valence-electron chi connectivity index (χ0n) is 13.7. The quantitative estimate of drug-likeness (QED) is 0.892. The van der Waals surface area contributed by atoms with E-state index in [-0.39, 0.29) is 23.2 Å². The monoisotopic (exact) mass is 340 g/mol. The van der Waals surface area contributed by atoms with E-state index >= 15 is 0 Å². The van der Waals surface area contributed by atoms with Gasteiger partial charge in [-0.1, -0.05) is 36.4 Å². The molecule has 25 heavy (non-hydrogen) atoms. The third kappa shape index (κ3) is 3.85. The van der Waals surface area contributed by atoms with E-state index in [1.165, 1.54) is 18.2 Å². The van der Waals surface area contributed by atoms with E-state index in [0.717, 1.165) is 5.56 Å². The summed E-state index contributed by atoms with van der Waals surface area (Å²) >= 11 is 0. The van der Waals surface area contributed by atoms with Crippen molar-refractivity contribution in [3.63, 3.8) is 0 Å². The second-order valence-electron chi connectivity index (χ2n) is 6.20. The molecule has 3 rings (SSSR count). The minimum absolute atomic E-state index is 0.102. The van der Waals surface area contributed by atoms with Crippen molar-refractivity contribution in [2.75, 3.05) is 13.1 Å². The van der Waals surface area contributed by atoms with Gasteiger partial charge in [0.15, 0.2) is 0 Å². The van der Waals surface area contributed by atoms with Gasteiger partial charge in [-0.25, -0.2) is 9.78 Å². The largest absolute Gasteiger partial charge is 0.477 e. The van der Waals surface area contributed by atoms with Gasteiger partial charge in [-0.05, 0) is 36.5 Å². The van der Waals surface area contributed by atoms with Crippen molar-refractivity contribution in [1.82, 2.24) is 9.88 Å². The van der Waals surface area contributed by atoms with Crippen LogP contribution >= 0.6 is 0 Å². The number of rotatable bonds is 4. The van der Waals surface area contributed by atoms with E-state index < -0.39 is 12.1 Å². The number of benzene rings is 1. The van der Waals surface area contributed by atoms with Crippen molar-refractivity contribution >= 4 is 11.9 Å². The number of hydrogen-bond donors (Lipinski definition) is 2. The van der Waals surface area contributed by atoms with Crippen molar-refractivity contribution in [3.8, 4) is 0 Å². The third-order valence-corrected chi connectivity index (χ3v) is 4.60. The molecule has 1 aromatic carbocycles. The Labute approximate surface area is 145 Å². The SMILES string of the molecule is O=C(O)c1cccc(C(=O)N2CCC(C(O)c3ccccc3)CC2)n1. The molecule has 1 aliphatic rings. The maximum Gasteiger partial charge on any atom is 0.354 e. The number of pyridine rings is 1. The third-order valence-electron chi connectivity index (χ3n) is 4.60. The first kappa shape index (κ1) is 17.1. The van der Waals surface area contributed by atoms with Gasteiger partial charge in [0.2, 0.25) is 0 Å². The van der Waals surface area contributed by atoms with Crippen LogP contribution in [0.25, 0.3) is 0 Å². The number of carbonyl (C=O) groups excluding carboxylic acids is 1. The highest BCUT2D eigenvalue weighted by molar-refractivity contribution is 5.94. The number of hydrogen-bond acceptors (Lipinski definition) is 4. The van der Waals surface area contributed by atoms with Crippen LogP contribution in [0.4, 0.5) is 0 Å². The summed E-state index contributed by atoms with van der Waals surface area (Å²) in [6, 6.07) is 13.9. The maximum atomic E-state index is 12.5. The lowest BCUT2D eigenvalue weighted by molar-refractivity contribution is 0.0458. The van der Waals surface area contributed by atoms with Gasteiger partial charge in [-0.15, -0.1) is 0 Å². The minimum atomic E-state index is -1.15. The molecule has 0 spiro atoms. The van der Waals surface area contributed by atoms with Crippen LogP contribution < -0.4 is 0 Å². The normalized spacial score (nSPS) is 16.4. The summed E-state index contributed by atoms with van der Waals surface area (Å²) in [5.74, 6) is -1.32. The Balaban J connectivity index is 1.63. The maximum absolute atomic E-state index is 12.5. The van der Waals surface area contributed by atoms with Crippen LogP contribution in [-0.4, -0.2) is 45.1 Å². The first-order chi connectivity index (χ1) is 12.1. The molecule has 1 aliphatic heterocycles. The molecular formula is C19H20N2O4. The first-order valence-corrected chi connectivity index (χ1v) is 8.29. The van der Waals surface area contributed by atoms with Crippen molar-refractivity contribution in [2.45, 2.75) is 18.9 Å². The Bertz CT molecular complexity index is 755. The smallest absolute Gasteiger partial charge is 0.354 e. The predicted molar refractivity (Wildman–Crippen MR) is 91.2 cm³/mol. The molecule has 1 aromatic heterocycles. The summed E-state index contributed by atoms with van der Waals surface area (Å²) < 4.78 is 0. The summed E-state index contributed by atoms with van der Waals surface area (Å²) in [6.45, 7) is 1.04. The summed E-state index contributed by atoms with van der Waals surface area (Å²) in [4.78, 5) is 29.1. The standard InChI is InChI=1S/C19H20N2O4/c22-17(13-5-2-1-3-6-13)14-9-11-21(12-10-14)18(23)15-7-4-8-16(20-15)19(24)25/h1-8,14,17,22H,9-12H2,(H,24,25). The molecule has 1 unspecified atom stereocenters. The molecular weight excluding hydrogens is 320 g/mol. The minimum Gasteiger partial charge on any atom is -0.477 e. The lowest BCUT2D eigenvalue weighted by Gasteiger charge is -2.34. The predicted octanol–water partition coefficient (Wildman–Crippen LogP) is 2.37. The lowest BCUT2D eigenvalue weighted by Crippen LogP contribution is -2.40. The molecule has 6 nitrogen and oxygen atoms in total. The number of carbonyl (C=O) groups is 2. The first-order valence-electron chi connectivity index (χ1n) is 8.29. The highest BCUT2D eigenvalue weighted by Gasteiger charge is 2.29. The van der Waals surface area contributed by atoms with E-state index in [0.29, 0.717) is 25.9 Å². The van der Waals surface area contributed by atoms with Crippen LogP contribution in [0, 0.1) is 5.92 Å². The summed E-state index contributed by atoms with van der Waals surface area (Å²) in [7, 11) is 0. The average Bonchev–Trinajstić information content (AvgIpc) is 2.67. The van der Waals surface area contributed by atoms with Gasteiger partial charge >= 0.3 is 5.97 Å². The van der Waals surface area contributed by atoms with Crippen LogP contribution in [0.2, 0.25) is 0 Å². The number of nitrogens with zero attached hydrogens (tertiary/aromatic N) is 2. The number of likely N-dealkylation sites (tertiary alicyclic amines) is 1. The van der Waals surface area contributed by atoms with Gasteiger partial charge in [0.1, 0.15) is 11.4 Å². The number of aliphatic hydroxyl groups is 1. The number of carboxylic acid groups (broad SMARTS) is 1. The topological polar surface area (TPSA) is 90.7 Å². The number of carboxylic acids is 1. The van der Waals surface area contributed by atoms with Gasteiger partial charge in [0.05, 0.1) is 6.10 Å². The van der Waals surface area contributed by atoms with Crippen molar-refractivity contribution in [3.05, 3.63) is 65.5 Å². The zero-order chi connectivity index (χ0) is 17.8. The summed E-state index contributed by atoms with van der Waals surface area (Å²) in [5.41, 5.74) is 0.894. The number of aromatic nitrogens is 1. The number of amides is 1. The molecule has 1 amide bonds. The second kappa shape index (κ2) is 7.44. The molecule has 6 heteroatoms. The zero-order valence-corrected chi connectivity index (χ0v) is 13.7. The van der Waals surface area contributed by atoms with Gasteiger partial charge in [0, 0.05) is 13.1 Å². The number of aliphatic hydroxyl groups excluding tert-OH is 1. The fraction of sp³-hybridized carbons (Fsp3) is 0.316. The van der Waals surface area contributed by atoms with E-state index in [4.69, 9.17) is 5.11 Å².